The van der Waals surface area contributed by atoms with E-state index >= 15 is 0 Å². The Morgan fingerprint density at radius 1 is 1.08 bits per heavy atom. The third-order valence-corrected chi connectivity index (χ3v) is 5.36. The van der Waals surface area contributed by atoms with Crippen molar-refractivity contribution in [2.24, 2.45) is 5.92 Å². The molecule has 2 heterocycles. The van der Waals surface area contributed by atoms with Crippen molar-refractivity contribution in [3.8, 4) is 11.3 Å². The van der Waals surface area contributed by atoms with Crippen molar-refractivity contribution in [1.29, 1.82) is 0 Å². The number of amides is 1. The van der Waals surface area contributed by atoms with Gasteiger partial charge in [-0.25, -0.2) is 4.98 Å². The Balaban J connectivity index is 1.30. The summed E-state index contributed by atoms with van der Waals surface area (Å²) in [7, 11) is 0. The number of benzene rings is 1. The second-order valence-electron chi connectivity index (χ2n) is 7.07. The molecule has 5 heteroatoms. The number of carbonyl (C=O) groups excluding carboxylic acids is 1. The van der Waals surface area contributed by atoms with Gasteiger partial charge in [-0.2, -0.15) is 0 Å². The molecule has 0 bridgehead atoms. The molecule has 1 amide bonds. The molecule has 4 rings (SSSR count). The Kier molecular flexibility index (Phi) is 4.83. The van der Waals surface area contributed by atoms with Crippen LogP contribution in [0.1, 0.15) is 31.6 Å². The van der Waals surface area contributed by atoms with Crippen LogP contribution in [0.25, 0.3) is 11.3 Å². The van der Waals surface area contributed by atoms with Gasteiger partial charge < -0.3 is 9.32 Å². The number of hydrogen-bond donors (Lipinski definition) is 0. The van der Waals surface area contributed by atoms with Gasteiger partial charge >= 0.3 is 0 Å². The van der Waals surface area contributed by atoms with E-state index in [0.717, 1.165) is 56.2 Å². The fourth-order valence-corrected chi connectivity index (χ4v) is 3.87. The summed E-state index contributed by atoms with van der Waals surface area (Å²) < 4.78 is 5.89. The number of nitrogens with zero attached hydrogens (tertiary/aromatic N) is 3. The Hall–Kier alpha value is -2.14. The average molecular weight is 339 g/mol. The summed E-state index contributed by atoms with van der Waals surface area (Å²) in [5.41, 5.74) is 1.05. The molecule has 132 valence electrons. The Morgan fingerprint density at radius 3 is 2.52 bits per heavy atom. The third kappa shape index (κ3) is 3.76. The van der Waals surface area contributed by atoms with Gasteiger partial charge in [0.25, 0.3) is 0 Å². The molecular weight excluding hydrogens is 314 g/mol. The van der Waals surface area contributed by atoms with Crippen molar-refractivity contribution in [2.45, 2.75) is 32.2 Å². The topological polar surface area (TPSA) is 49.6 Å². The predicted molar refractivity (Wildman–Crippen MR) is 95.8 cm³/mol. The van der Waals surface area contributed by atoms with E-state index in [1.807, 2.05) is 30.3 Å². The second kappa shape index (κ2) is 7.40. The van der Waals surface area contributed by atoms with Gasteiger partial charge in [-0.1, -0.05) is 43.2 Å². The van der Waals surface area contributed by atoms with Crippen molar-refractivity contribution < 1.29 is 9.21 Å². The molecule has 0 unspecified atom stereocenters. The van der Waals surface area contributed by atoms with E-state index in [2.05, 4.69) is 14.8 Å². The van der Waals surface area contributed by atoms with Crippen LogP contribution in [0.4, 0.5) is 0 Å². The van der Waals surface area contributed by atoms with Gasteiger partial charge in [-0.15, -0.1) is 0 Å². The van der Waals surface area contributed by atoms with Crippen LogP contribution in [0.3, 0.4) is 0 Å². The van der Waals surface area contributed by atoms with Crippen LogP contribution in [0.5, 0.6) is 0 Å². The van der Waals surface area contributed by atoms with Crippen LogP contribution in [0.15, 0.2) is 40.9 Å². The van der Waals surface area contributed by atoms with E-state index in [0.29, 0.717) is 12.5 Å². The second-order valence-corrected chi connectivity index (χ2v) is 7.07. The minimum atomic E-state index is 0.284. The lowest BCUT2D eigenvalue weighted by Crippen LogP contribution is -2.49. The Bertz CT molecular complexity index is 699. The zero-order chi connectivity index (χ0) is 17.1. The number of carbonyl (C=O) groups is 1. The van der Waals surface area contributed by atoms with E-state index < -0.39 is 0 Å². The van der Waals surface area contributed by atoms with Gasteiger partial charge in [0.15, 0.2) is 5.76 Å². The molecule has 1 aliphatic carbocycles. The van der Waals surface area contributed by atoms with Gasteiger partial charge in [0, 0.05) is 37.7 Å². The van der Waals surface area contributed by atoms with Crippen LogP contribution >= 0.6 is 0 Å². The van der Waals surface area contributed by atoms with E-state index in [1.54, 1.807) is 6.20 Å². The maximum atomic E-state index is 12.5. The average Bonchev–Trinajstić information content (AvgIpc) is 3.35. The van der Waals surface area contributed by atoms with E-state index in [4.69, 9.17) is 4.42 Å². The van der Waals surface area contributed by atoms with Crippen LogP contribution in [-0.2, 0) is 11.3 Å². The normalized spacial score (nSPS) is 19.4. The first-order valence-electron chi connectivity index (χ1n) is 9.31. The van der Waals surface area contributed by atoms with Crippen molar-refractivity contribution >= 4 is 5.91 Å². The predicted octanol–water partition coefficient (Wildman–Crippen LogP) is 3.18. The molecule has 2 aromatic rings. The zero-order valence-electron chi connectivity index (χ0n) is 14.6. The number of piperazine rings is 1. The molecule has 0 atom stereocenters. The number of rotatable bonds is 4. The van der Waals surface area contributed by atoms with Gasteiger partial charge in [0.1, 0.15) is 0 Å². The highest BCUT2D eigenvalue weighted by atomic mass is 16.4. The molecule has 0 spiro atoms. The Labute approximate surface area is 148 Å². The van der Waals surface area contributed by atoms with E-state index in [9.17, 15) is 4.79 Å². The van der Waals surface area contributed by atoms with E-state index in [1.165, 1.54) is 12.8 Å². The standard InChI is InChI=1S/C20H25N3O2/c24-20(17-8-4-5-9-17)23-12-10-22(11-13-23)15-19-21-14-18(25-19)16-6-2-1-3-7-16/h1-3,6-7,14,17H,4-5,8-13,15H2. The molecule has 2 fully saturated rings. The molecule has 1 saturated heterocycles. The van der Waals surface area contributed by atoms with Crippen molar-refractivity contribution in [3.05, 3.63) is 42.4 Å². The summed E-state index contributed by atoms with van der Waals surface area (Å²) in [6, 6.07) is 10.0. The first-order chi connectivity index (χ1) is 12.3. The molecule has 0 radical (unpaired) electrons. The molecule has 0 N–H and O–H groups in total. The fraction of sp³-hybridized carbons (Fsp3) is 0.500. The summed E-state index contributed by atoms with van der Waals surface area (Å²) in [5, 5.41) is 0. The summed E-state index contributed by atoms with van der Waals surface area (Å²) >= 11 is 0. The van der Waals surface area contributed by atoms with Crippen molar-refractivity contribution in [1.82, 2.24) is 14.8 Å². The smallest absolute Gasteiger partial charge is 0.225 e. The molecule has 1 aliphatic heterocycles. The number of hydrogen-bond acceptors (Lipinski definition) is 4. The van der Waals surface area contributed by atoms with Gasteiger partial charge in [-0.3, -0.25) is 9.69 Å². The van der Waals surface area contributed by atoms with Crippen molar-refractivity contribution in [2.75, 3.05) is 26.2 Å². The Morgan fingerprint density at radius 2 is 1.80 bits per heavy atom. The molecule has 1 aromatic carbocycles. The highest BCUT2D eigenvalue weighted by Gasteiger charge is 2.29. The van der Waals surface area contributed by atoms with Gasteiger partial charge in [0.2, 0.25) is 11.8 Å². The van der Waals surface area contributed by atoms with Crippen LogP contribution in [-0.4, -0.2) is 46.9 Å². The third-order valence-electron chi connectivity index (χ3n) is 5.36. The molecule has 5 nitrogen and oxygen atoms in total. The quantitative estimate of drug-likeness (QED) is 0.858. The lowest BCUT2D eigenvalue weighted by atomic mass is 10.1. The highest BCUT2D eigenvalue weighted by Crippen LogP contribution is 2.27. The molecular formula is C20H25N3O2. The lowest BCUT2D eigenvalue weighted by molar-refractivity contribution is -0.137. The minimum Gasteiger partial charge on any atom is -0.439 e. The van der Waals surface area contributed by atoms with Crippen LogP contribution in [0, 0.1) is 5.92 Å². The van der Waals surface area contributed by atoms with E-state index in [-0.39, 0.29) is 5.92 Å². The summed E-state index contributed by atoms with van der Waals surface area (Å²) in [4.78, 5) is 21.3. The maximum Gasteiger partial charge on any atom is 0.225 e. The summed E-state index contributed by atoms with van der Waals surface area (Å²) in [6.07, 6.45) is 6.38. The first kappa shape index (κ1) is 16.3. The molecule has 1 aromatic heterocycles. The summed E-state index contributed by atoms with van der Waals surface area (Å²) in [6.45, 7) is 4.13. The fourth-order valence-electron chi connectivity index (χ4n) is 3.87. The largest absolute Gasteiger partial charge is 0.439 e. The monoisotopic (exact) mass is 339 g/mol. The SMILES string of the molecule is O=C(C1CCCC1)N1CCN(Cc2ncc(-c3ccccc3)o2)CC1. The van der Waals surface area contributed by atoms with Crippen LogP contribution < -0.4 is 0 Å². The maximum absolute atomic E-state index is 12.5. The molecule has 25 heavy (non-hydrogen) atoms. The minimum absolute atomic E-state index is 0.284. The van der Waals surface area contributed by atoms with Gasteiger partial charge in [0.05, 0.1) is 12.7 Å². The molecule has 2 aliphatic rings. The number of aromatic nitrogens is 1. The lowest BCUT2D eigenvalue weighted by Gasteiger charge is -2.35. The summed E-state index contributed by atoms with van der Waals surface area (Å²) in [5.74, 6) is 2.21. The zero-order valence-corrected chi connectivity index (χ0v) is 14.6. The first-order valence-corrected chi connectivity index (χ1v) is 9.31. The molecule has 1 saturated carbocycles. The van der Waals surface area contributed by atoms with Crippen LogP contribution in [0.2, 0.25) is 0 Å². The van der Waals surface area contributed by atoms with Crippen molar-refractivity contribution in [3.63, 3.8) is 0 Å². The van der Waals surface area contributed by atoms with Gasteiger partial charge in [-0.05, 0) is 12.8 Å². The highest BCUT2D eigenvalue weighted by molar-refractivity contribution is 5.79. The number of oxazole rings is 1.